The summed E-state index contributed by atoms with van der Waals surface area (Å²) < 4.78 is 14.2. The Hall–Kier alpha value is -1.43. The van der Waals surface area contributed by atoms with E-state index in [-0.39, 0.29) is 16.1 Å². The maximum absolute atomic E-state index is 14.0. The van der Waals surface area contributed by atoms with Crippen molar-refractivity contribution in [2.45, 2.75) is 31.7 Å². The van der Waals surface area contributed by atoms with E-state index in [9.17, 15) is 14.0 Å². The molecule has 1 aliphatic rings. The van der Waals surface area contributed by atoms with Gasteiger partial charge in [0.1, 0.15) is 12.4 Å². The molecule has 2 rings (SSSR count). The lowest BCUT2D eigenvalue weighted by Crippen LogP contribution is -2.42. The molecule has 1 N–H and O–H groups in total. The van der Waals surface area contributed by atoms with Crippen LogP contribution in [0.3, 0.4) is 0 Å². The standard InChI is InChI=1S/C14H15BrFNO3/c15-11-7-3-6-10(13(11)16)14(20)17(8-12(18)19)9-4-1-2-5-9/h3,6-7,9H,1-2,4-5,8H2,(H,18,19). The van der Waals surface area contributed by atoms with E-state index in [0.717, 1.165) is 25.7 Å². The van der Waals surface area contributed by atoms with Crippen molar-refractivity contribution in [1.29, 1.82) is 0 Å². The van der Waals surface area contributed by atoms with E-state index in [1.54, 1.807) is 6.07 Å². The minimum Gasteiger partial charge on any atom is -0.480 e. The smallest absolute Gasteiger partial charge is 0.323 e. The van der Waals surface area contributed by atoms with Gasteiger partial charge in [-0.15, -0.1) is 0 Å². The van der Waals surface area contributed by atoms with Gasteiger partial charge in [-0.2, -0.15) is 0 Å². The quantitative estimate of drug-likeness (QED) is 0.913. The Labute approximate surface area is 124 Å². The van der Waals surface area contributed by atoms with Crippen LogP contribution in [0, 0.1) is 5.82 Å². The van der Waals surface area contributed by atoms with Crippen LogP contribution in [0.15, 0.2) is 22.7 Å². The molecule has 6 heteroatoms. The minimum atomic E-state index is -1.08. The van der Waals surface area contributed by atoms with Crippen molar-refractivity contribution in [2.24, 2.45) is 0 Å². The number of benzene rings is 1. The van der Waals surface area contributed by atoms with Gasteiger partial charge in [0.15, 0.2) is 0 Å². The topological polar surface area (TPSA) is 57.6 Å². The van der Waals surface area contributed by atoms with Crippen LogP contribution in [0.2, 0.25) is 0 Å². The number of rotatable bonds is 4. The number of carbonyl (C=O) groups excluding carboxylic acids is 1. The van der Waals surface area contributed by atoms with Gasteiger partial charge in [0.05, 0.1) is 10.0 Å². The highest BCUT2D eigenvalue weighted by atomic mass is 79.9. The Morgan fingerprint density at radius 2 is 2.00 bits per heavy atom. The van der Waals surface area contributed by atoms with Crippen LogP contribution in [0.4, 0.5) is 4.39 Å². The van der Waals surface area contributed by atoms with Crippen molar-refractivity contribution in [3.8, 4) is 0 Å². The zero-order valence-corrected chi connectivity index (χ0v) is 12.4. The molecule has 108 valence electrons. The van der Waals surface area contributed by atoms with Gasteiger partial charge < -0.3 is 10.0 Å². The van der Waals surface area contributed by atoms with E-state index < -0.39 is 24.2 Å². The first-order valence-electron chi connectivity index (χ1n) is 6.47. The van der Waals surface area contributed by atoms with Crippen LogP contribution < -0.4 is 0 Å². The average molecular weight is 344 g/mol. The Bertz CT molecular complexity index is 529. The molecule has 0 atom stereocenters. The Morgan fingerprint density at radius 1 is 1.35 bits per heavy atom. The molecule has 20 heavy (non-hydrogen) atoms. The van der Waals surface area contributed by atoms with Crippen molar-refractivity contribution in [3.05, 3.63) is 34.1 Å². The monoisotopic (exact) mass is 343 g/mol. The number of nitrogens with zero attached hydrogens (tertiary/aromatic N) is 1. The molecule has 0 aromatic heterocycles. The second kappa shape index (κ2) is 6.35. The summed E-state index contributed by atoms with van der Waals surface area (Å²) >= 11 is 3.04. The predicted molar refractivity (Wildman–Crippen MR) is 75.0 cm³/mol. The van der Waals surface area contributed by atoms with Crippen LogP contribution in [-0.4, -0.2) is 34.5 Å². The van der Waals surface area contributed by atoms with Gasteiger partial charge in [-0.3, -0.25) is 9.59 Å². The van der Waals surface area contributed by atoms with Crippen LogP contribution >= 0.6 is 15.9 Å². The zero-order valence-electron chi connectivity index (χ0n) is 10.8. The number of aliphatic carboxylic acids is 1. The summed E-state index contributed by atoms with van der Waals surface area (Å²) in [5.74, 6) is -2.29. The Balaban J connectivity index is 2.29. The molecule has 0 unspecified atom stereocenters. The molecular weight excluding hydrogens is 329 g/mol. The number of hydrogen-bond donors (Lipinski definition) is 1. The van der Waals surface area contributed by atoms with Crippen LogP contribution in [0.25, 0.3) is 0 Å². The molecule has 0 radical (unpaired) electrons. The highest BCUT2D eigenvalue weighted by Gasteiger charge is 2.30. The maximum atomic E-state index is 14.0. The van der Waals surface area contributed by atoms with Gasteiger partial charge in [-0.25, -0.2) is 4.39 Å². The predicted octanol–water partition coefficient (Wildman–Crippen LogP) is 3.06. The first kappa shape index (κ1) is 15.0. The minimum absolute atomic E-state index is 0.0903. The van der Waals surface area contributed by atoms with E-state index in [1.807, 2.05) is 0 Å². The summed E-state index contributed by atoms with van der Waals surface area (Å²) in [5, 5.41) is 8.97. The number of carboxylic acid groups (broad SMARTS) is 1. The van der Waals surface area contributed by atoms with Crippen LogP contribution in [0.1, 0.15) is 36.0 Å². The lowest BCUT2D eigenvalue weighted by atomic mass is 10.1. The van der Waals surface area contributed by atoms with Gasteiger partial charge in [-0.05, 0) is 40.9 Å². The fourth-order valence-corrected chi connectivity index (χ4v) is 2.92. The van der Waals surface area contributed by atoms with Gasteiger partial charge in [0.2, 0.25) is 0 Å². The molecule has 1 aromatic rings. The Kier molecular flexibility index (Phi) is 4.75. The van der Waals surface area contributed by atoms with Gasteiger partial charge in [0.25, 0.3) is 5.91 Å². The van der Waals surface area contributed by atoms with E-state index >= 15 is 0 Å². The molecule has 1 aliphatic carbocycles. The van der Waals surface area contributed by atoms with Gasteiger partial charge in [0, 0.05) is 6.04 Å². The molecule has 0 aliphatic heterocycles. The molecule has 1 amide bonds. The summed E-state index contributed by atoms with van der Waals surface area (Å²) in [4.78, 5) is 24.7. The van der Waals surface area contributed by atoms with Gasteiger partial charge >= 0.3 is 5.97 Å². The van der Waals surface area contributed by atoms with E-state index in [0.29, 0.717) is 0 Å². The lowest BCUT2D eigenvalue weighted by molar-refractivity contribution is -0.138. The third kappa shape index (κ3) is 3.17. The third-order valence-electron chi connectivity index (χ3n) is 3.51. The molecule has 0 saturated heterocycles. The molecule has 1 aromatic carbocycles. The molecule has 0 heterocycles. The van der Waals surface area contributed by atoms with Crippen molar-refractivity contribution in [1.82, 2.24) is 4.90 Å². The largest absolute Gasteiger partial charge is 0.480 e. The molecule has 4 nitrogen and oxygen atoms in total. The second-order valence-electron chi connectivity index (χ2n) is 4.87. The number of amides is 1. The normalized spacial score (nSPS) is 15.3. The lowest BCUT2D eigenvalue weighted by Gasteiger charge is -2.27. The highest BCUT2D eigenvalue weighted by molar-refractivity contribution is 9.10. The molecule has 0 spiro atoms. The Morgan fingerprint density at radius 3 is 2.60 bits per heavy atom. The number of hydrogen-bond acceptors (Lipinski definition) is 2. The van der Waals surface area contributed by atoms with E-state index in [2.05, 4.69) is 15.9 Å². The second-order valence-corrected chi connectivity index (χ2v) is 5.72. The van der Waals surface area contributed by atoms with Crippen molar-refractivity contribution in [2.75, 3.05) is 6.54 Å². The van der Waals surface area contributed by atoms with Crippen molar-refractivity contribution in [3.63, 3.8) is 0 Å². The fourth-order valence-electron chi connectivity index (χ4n) is 2.55. The number of carboxylic acids is 1. The van der Waals surface area contributed by atoms with E-state index in [1.165, 1.54) is 17.0 Å². The maximum Gasteiger partial charge on any atom is 0.323 e. The SMILES string of the molecule is O=C(O)CN(C(=O)c1cccc(Br)c1F)C1CCCC1. The van der Waals surface area contributed by atoms with Crippen molar-refractivity contribution >= 4 is 27.8 Å². The first-order chi connectivity index (χ1) is 9.50. The van der Waals surface area contributed by atoms with Crippen molar-refractivity contribution < 1.29 is 19.1 Å². The summed E-state index contributed by atoms with van der Waals surface area (Å²) in [6.07, 6.45) is 3.48. The summed E-state index contributed by atoms with van der Waals surface area (Å²) in [5.41, 5.74) is -0.0903. The summed E-state index contributed by atoms with van der Waals surface area (Å²) in [6.45, 7) is -0.393. The fraction of sp³-hybridized carbons (Fsp3) is 0.429. The zero-order chi connectivity index (χ0) is 14.7. The van der Waals surface area contributed by atoms with Crippen LogP contribution in [0.5, 0.6) is 0 Å². The summed E-state index contributed by atoms with van der Waals surface area (Å²) in [6, 6.07) is 4.33. The highest BCUT2D eigenvalue weighted by Crippen LogP contribution is 2.26. The average Bonchev–Trinajstić information content (AvgIpc) is 2.92. The molecule has 0 bridgehead atoms. The number of halogens is 2. The van der Waals surface area contributed by atoms with Gasteiger partial charge in [-0.1, -0.05) is 18.9 Å². The molecule has 1 saturated carbocycles. The molecule has 1 fully saturated rings. The first-order valence-corrected chi connectivity index (χ1v) is 7.26. The third-order valence-corrected chi connectivity index (χ3v) is 4.13. The number of carbonyl (C=O) groups is 2. The summed E-state index contributed by atoms with van der Waals surface area (Å²) in [7, 11) is 0. The van der Waals surface area contributed by atoms with Crippen LogP contribution in [-0.2, 0) is 4.79 Å². The van der Waals surface area contributed by atoms with E-state index in [4.69, 9.17) is 5.11 Å². The molecular formula is C14H15BrFNO3.